The summed E-state index contributed by atoms with van der Waals surface area (Å²) in [5.41, 5.74) is 4.06. The smallest absolute Gasteiger partial charge is 0.0886 e. The van der Waals surface area contributed by atoms with Gasteiger partial charge in [-0.1, -0.05) is 18.5 Å². The fourth-order valence-electron chi connectivity index (χ4n) is 2.06. The van der Waals surface area contributed by atoms with E-state index in [0.29, 0.717) is 0 Å². The van der Waals surface area contributed by atoms with Gasteiger partial charge in [0.1, 0.15) is 0 Å². The van der Waals surface area contributed by atoms with E-state index in [2.05, 4.69) is 17.1 Å². The summed E-state index contributed by atoms with van der Waals surface area (Å²) in [6, 6.07) is 4.08. The van der Waals surface area contributed by atoms with Gasteiger partial charge in [-0.05, 0) is 37.8 Å². The predicted octanol–water partition coefficient (Wildman–Crippen LogP) is 2.55. The van der Waals surface area contributed by atoms with Gasteiger partial charge in [0.15, 0.2) is 0 Å². The molecule has 1 aliphatic carbocycles. The minimum atomic E-state index is 0.784. The number of pyridine rings is 1. The van der Waals surface area contributed by atoms with E-state index in [0.717, 1.165) is 54.8 Å². The molecule has 0 atom stereocenters. The first-order valence-corrected chi connectivity index (χ1v) is 5.55. The van der Waals surface area contributed by atoms with Crippen molar-refractivity contribution < 1.29 is 5.21 Å². The molecule has 1 N–H and O–H groups in total. The van der Waals surface area contributed by atoms with Crippen molar-refractivity contribution in [2.75, 3.05) is 0 Å². The Morgan fingerprint density at radius 2 is 2.27 bits per heavy atom. The van der Waals surface area contributed by atoms with Crippen LogP contribution in [-0.4, -0.2) is 15.9 Å². The third-order valence-corrected chi connectivity index (χ3v) is 2.80. The molecular weight excluding hydrogens is 188 g/mol. The van der Waals surface area contributed by atoms with E-state index in [9.17, 15) is 0 Å². The topological polar surface area (TPSA) is 45.5 Å². The Morgan fingerprint density at radius 1 is 1.40 bits per heavy atom. The van der Waals surface area contributed by atoms with Gasteiger partial charge in [-0.25, -0.2) is 0 Å². The second-order valence-electron chi connectivity index (χ2n) is 3.95. The lowest BCUT2D eigenvalue weighted by Gasteiger charge is -2.16. The van der Waals surface area contributed by atoms with Crippen molar-refractivity contribution in [1.29, 1.82) is 0 Å². The first-order chi connectivity index (χ1) is 7.35. The largest absolute Gasteiger partial charge is 0.411 e. The number of hydrogen-bond donors (Lipinski definition) is 1. The number of oxime groups is 1. The summed E-state index contributed by atoms with van der Waals surface area (Å²) in [7, 11) is 0. The Hall–Kier alpha value is -1.38. The summed E-state index contributed by atoms with van der Waals surface area (Å²) in [6.45, 7) is 2.15. The monoisotopic (exact) mass is 204 g/mol. The fraction of sp³-hybridized carbons (Fsp3) is 0.500. The van der Waals surface area contributed by atoms with Gasteiger partial charge in [-0.2, -0.15) is 0 Å². The van der Waals surface area contributed by atoms with Crippen LogP contribution in [0.4, 0.5) is 0 Å². The lowest BCUT2D eigenvalue weighted by atomic mass is 9.93. The minimum Gasteiger partial charge on any atom is -0.411 e. The third kappa shape index (κ3) is 2.01. The second-order valence-corrected chi connectivity index (χ2v) is 3.95. The molecule has 0 aromatic carbocycles. The Morgan fingerprint density at radius 3 is 3.00 bits per heavy atom. The van der Waals surface area contributed by atoms with Crippen molar-refractivity contribution in [3.05, 3.63) is 29.1 Å². The third-order valence-electron chi connectivity index (χ3n) is 2.80. The van der Waals surface area contributed by atoms with Crippen LogP contribution in [-0.2, 0) is 12.8 Å². The lowest BCUT2D eigenvalue weighted by Crippen LogP contribution is -2.14. The number of fused-ring (bicyclic) bond motifs is 1. The SMILES string of the molecule is CCCc1ccc2c(n1)CCC/C2=N/O. The van der Waals surface area contributed by atoms with Crippen molar-refractivity contribution in [2.45, 2.75) is 39.0 Å². The highest BCUT2D eigenvalue weighted by molar-refractivity contribution is 6.01. The number of rotatable bonds is 2. The van der Waals surface area contributed by atoms with Gasteiger partial charge in [-0.3, -0.25) is 4.98 Å². The average Bonchev–Trinajstić information content (AvgIpc) is 2.28. The van der Waals surface area contributed by atoms with Crippen LogP contribution in [0.3, 0.4) is 0 Å². The number of aryl methyl sites for hydroxylation is 2. The zero-order valence-corrected chi connectivity index (χ0v) is 9.03. The van der Waals surface area contributed by atoms with Crippen LogP contribution in [0.5, 0.6) is 0 Å². The quantitative estimate of drug-likeness (QED) is 0.594. The van der Waals surface area contributed by atoms with E-state index in [1.807, 2.05) is 12.1 Å². The minimum absolute atomic E-state index is 0.784. The Kier molecular flexibility index (Phi) is 2.99. The van der Waals surface area contributed by atoms with Crippen LogP contribution in [0.2, 0.25) is 0 Å². The molecular formula is C12H16N2O. The molecule has 0 saturated carbocycles. The predicted molar refractivity (Wildman–Crippen MR) is 59.5 cm³/mol. The van der Waals surface area contributed by atoms with Crippen LogP contribution in [0.15, 0.2) is 17.3 Å². The van der Waals surface area contributed by atoms with Crippen LogP contribution < -0.4 is 0 Å². The molecule has 0 unspecified atom stereocenters. The Bertz CT molecular complexity index is 385. The van der Waals surface area contributed by atoms with Crippen LogP contribution in [0.25, 0.3) is 0 Å². The molecule has 0 spiro atoms. The number of aromatic nitrogens is 1. The fourth-order valence-corrected chi connectivity index (χ4v) is 2.06. The van der Waals surface area contributed by atoms with E-state index in [1.165, 1.54) is 0 Å². The molecule has 80 valence electrons. The van der Waals surface area contributed by atoms with E-state index >= 15 is 0 Å². The Labute approximate surface area is 89.8 Å². The maximum Gasteiger partial charge on any atom is 0.0886 e. The zero-order chi connectivity index (χ0) is 10.7. The van der Waals surface area contributed by atoms with E-state index in [-0.39, 0.29) is 0 Å². The first-order valence-electron chi connectivity index (χ1n) is 5.55. The van der Waals surface area contributed by atoms with Crippen molar-refractivity contribution in [3.63, 3.8) is 0 Å². The van der Waals surface area contributed by atoms with Gasteiger partial charge in [0.05, 0.1) is 5.71 Å². The van der Waals surface area contributed by atoms with Gasteiger partial charge in [-0.15, -0.1) is 0 Å². The molecule has 0 fully saturated rings. The molecule has 3 nitrogen and oxygen atoms in total. The van der Waals surface area contributed by atoms with Crippen LogP contribution in [0.1, 0.15) is 43.1 Å². The van der Waals surface area contributed by atoms with Crippen molar-refractivity contribution >= 4 is 5.71 Å². The molecule has 3 heteroatoms. The van der Waals surface area contributed by atoms with Gasteiger partial charge >= 0.3 is 0 Å². The maximum absolute atomic E-state index is 8.87. The molecule has 1 aromatic heterocycles. The van der Waals surface area contributed by atoms with Crippen molar-refractivity contribution in [3.8, 4) is 0 Å². The molecule has 2 rings (SSSR count). The molecule has 15 heavy (non-hydrogen) atoms. The van der Waals surface area contributed by atoms with E-state index in [1.54, 1.807) is 0 Å². The number of hydrogen-bond acceptors (Lipinski definition) is 3. The summed E-state index contributed by atoms with van der Waals surface area (Å²) in [4.78, 5) is 4.61. The highest BCUT2D eigenvalue weighted by Crippen LogP contribution is 2.20. The molecule has 0 radical (unpaired) electrons. The summed E-state index contributed by atoms with van der Waals surface area (Å²) in [5.74, 6) is 0. The normalized spacial score (nSPS) is 17.8. The highest BCUT2D eigenvalue weighted by Gasteiger charge is 2.17. The van der Waals surface area contributed by atoms with Crippen molar-refractivity contribution in [2.24, 2.45) is 5.16 Å². The molecule has 1 heterocycles. The van der Waals surface area contributed by atoms with Crippen LogP contribution >= 0.6 is 0 Å². The van der Waals surface area contributed by atoms with Gasteiger partial charge in [0.25, 0.3) is 0 Å². The molecule has 0 aliphatic heterocycles. The average molecular weight is 204 g/mol. The first kappa shape index (κ1) is 10.1. The van der Waals surface area contributed by atoms with E-state index < -0.39 is 0 Å². The zero-order valence-electron chi connectivity index (χ0n) is 9.03. The standard InChI is InChI=1S/C12H16N2O/c1-2-4-9-7-8-10-11(13-9)5-3-6-12(10)14-15/h7-8,15H,2-6H2,1H3/b14-12-. The second kappa shape index (κ2) is 4.43. The van der Waals surface area contributed by atoms with Crippen molar-refractivity contribution in [1.82, 2.24) is 4.98 Å². The summed E-state index contributed by atoms with van der Waals surface area (Å²) >= 11 is 0. The maximum atomic E-state index is 8.87. The lowest BCUT2D eigenvalue weighted by molar-refractivity contribution is 0.317. The summed E-state index contributed by atoms with van der Waals surface area (Å²) < 4.78 is 0. The molecule has 1 aromatic rings. The summed E-state index contributed by atoms with van der Waals surface area (Å²) in [6.07, 6.45) is 5.05. The Balaban J connectivity index is 2.36. The molecule has 0 amide bonds. The molecule has 0 bridgehead atoms. The van der Waals surface area contributed by atoms with Gasteiger partial charge < -0.3 is 5.21 Å². The molecule has 0 saturated heterocycles. The van der Waals surface area contributed by atoms with Gasteiger partial charge in [0.2, 0.25) is 0 Å². The highest BCUT2D eigenvalue weighted by atomic mass is 16.4. The molecule has 1 aliphatic rings. The van der Waals surface area contributed by atoms with E-state index in [4.69, 9.17) is 5.21 Å². The van der Waals surface area contributed by atoms with Crippen LogP contribution in [0, 0.1) is 0 Å². The summed E-state index contributed by atoms with van der Waals surface area (Å²) in [5, 5.41) is 12.2. The number of nitrogens with zero attached hydrogens (tertiary/aromatic N) is 2. The van der Waals surface area contributed by atoms with Gasteiger partial charge in [0, 0.05) is 17.0 Å².